The zero-order chi connectivity index (χ0) is 27.4. The van der Waals surface area contributed by atoms with E-state index in [1.165, 1.54) is 4.90 Å². The summed E-state index contributed by atoms with van der Waals surface area (Å²) < 4.78 is 0. The highest BCUT2D eigenvalue weighted by Crippen LogP contribution is 2.21. The number of carbonyl (C=O) groups is 4. The molecule has 0 bridgehead atoms. The number of benzene rings is 2. The second-order valence-electron chi connectivity index (χ2n) is 10.1. The van der Waals surface area contributed by atoms with Gasteiger partial charge in [-0.05, 0) is 61.4 Å². The van der Waals surface area contributed by atoms with E-state index < -0.39 is 18.0 Å². The Hall–Kier alpha value is -4.08. The van der Waals surface area contributed by atoms with Crippen LogP contribution in [-0.2, 0) is 9.59 Å². The van der Waals surface area contributed by atoms with Gasteiger partial charge >= 0.3 is 0 Å². The number of piperidine rings is 1. The Kier molecular flexibility index (Phi) is 8.19. The molecule has 0 saturated carbocycles. The van der Waals surface area contributed by atoms with Gasteiger partial charge in [-0.1, -0.05) is 0 Å². The van der Waals surface area contributed by atoms with Crippen molar-refractivity contribution in [1.82, 2.24) is 20.4 Å². The molecular weight excluding hydrogens is 484 g/mol. The third-order valence-electron chi connectivity index (χ3n) is 7.09. The smallest absolute Gasteiger partial charge is 0.254 e. The number of piperazine rings is 1. The van der Waals surface area contributed by atoms with Crippen molar-refractivity contribution in [2.45, 2.75) is 24.9 Å². The van der Waals surface area contributed by atoms with Crippen molar-refractivity contribution in [2.24, 2.45) is 0 Å². The summed E-state index contributed by atoms with van der Waals surface area (Å²) in [5, 5.41) is 5.59. The molecule has 0 aromatic heterocycles. The molecule has 2 saturated heterocycles. The molecular formula is C28H36N6O4. The molecule has 38 heavy (non-hydrogen) atoms. The summed E-state index contributed by atoms with van der Waals surface area (Å²) in [7, 11) is 7.69. The standard InChI is InChI=1S/C28H36N6O4/c1-31(2)21-11-7-19(8-12-21)27(37)33-16-17-34(28(38)20-9-13-22(14-10-20)32(3)4)24(18-33)26(36)30-23-6-5-15-29-25(23)35/h7-14,23-24H,5-6,15-18H2,1-4H3,(H,29,35)(H,30,36). The summed E-state index contributed by atoms with van der Waals surface area (Å²) in [4.78, 5) is 59.7. The molecule has 2 N–H and O–H groups in total. The molecule has 4 amide bonds. The highest BCUT2D eigenvalue weighted by molar-refractivity contribution is 6.00. The first-order valence-corrected chi connectivity index (χ1v) is 12.9. The first-order chi connectivity index (χ1) is 18.2. The van der Waals surface area contributed by atoms with Gasteiger partial charge in [0, 0.05) is 70.3 Å². The molecule has 0 radical (unpaired) electrons. The molecule has 202 valence electrons. The average Bonchev–Trinajstić information content (AvgIpc) is 2.93. The lowest BCUT2D eigenvalue weighted by atomic mass is 10.0. The van der Waals surface area contributed by atoms with Gasteiger partial charge in [0.05, 0.1) is 6.54 Å². The second kappa shape index (κ2) is 11.5. The number of nitrogens with zero attached hydrogens (tertiary/aromatic N) is 4. The minimum atomic E-state index is -0.926. The summed E-state index contributed by atoms with van der Waals surface area (Å²) in [5.74, 6) is -1.16. The fraction of sp³-hybridized carbons (Fsp3) is 0.429. The molecule has 0 spiro atoms. The zero-order valence-corrected chi connectivity index (χ0v) is 22.4. The largest absolute Gasteiger partial charge is 0.378 e. The fourth-order valence-electron chi connectivity index (χ4n) is 4.77. The third-order valence-corrected chi connectivity index (χ3v) is 7.09. The van der Waals surface area contributed by atoms with Crippen LogP contribution in [0.1, 0.15) is 33.6 Å². The minimum Gasteiger partial charge on any atom is -0.378 e. The van der Waals surface area contributed by atoms with Crippen molar-refractivity contribution in [3.8, 4) is 0 Å². The van der Waals surface area contributed by atoms with Crippen LogP contribution in [0.2, 0.25) is 0 Å². The van der Waals surface area contributed by atoms with Crippen molar-refractivity contribution in [1.29, 1.82) is 0 Å². The van der Waals surface area contributed by atoms with Crippen molar-refractivity contribution >= 4 is 35.0 Å². The average molecular weight is 521 g/mol. The predicted octanol–water partition coefficient (Wildman–Crippen LogP) is 1.18. The molecule has 2 atom stereocenters. The Morgan fingerprint density at radius 3 is 1.92 bits per heavy atom. The minimum absolute atomic E-state index is 0.0377. The van der Waals surface area contributed by atoms with Crippen LogP contribution in [0.5, 0.6) is 0 Å². The van der Waals surface area contributed by atoms with E-state index >= 15 is 0 Å². The van der Waals surface area contributed by atoms with Crippen LogP contribution in [-0.4, -0.2) is 99.9 Å². The number of carbonyl (C=O) groups excluding carboxylic acids is 4. The van der Waals surface area contributed by atoms with E-state index in [1.807, 2.05) is 62.3 Å². The summed E-state index contributed by atoms with van der Waals surface area (Å²) >= 11 is 0. The number of hydrogen-bond donors (Lipinski definition) is 2. The monoisotopic (exact) mass is 520 g/mol. The number of hydrogen-bond acceptors (Lipinski definition) is 6. The number of amides is 4. The van der Waals surface area contributed by atoms with Gasteiger partial charge in [-0.3, -0.25) is 19.2 Å². The molecule has 2 aliphatic rings. The van der Waals surface area contributed by atoms with Gasteiger partial charge in [-0.15, -0.1) is 0 Å². The maximum Gasteiger partial charge on any atom is 0.254 e. The number of nitrogens with one attached hydrogen (secondary N) is 2. The van der Waals surface area contributed by atoms with Crippen molar-refractivity contribution in [3.05, 3.63) is 59.7 Å². The molecule has 2 aromatic rings. The first-order valence-electron chi connectivity index (χ1n) is 12.9. The van der Waals surface area contributed by atoms with Crippen molar-refractivity contribution < 1.29 is 19.2 Å². The summed E-state index contributed by atoms with van der Waals surface area (Å²) in [6, 6.07) is 12.9. The van der Waals surface area contributed by atoms with E-state index in [2.05, 4.69) is 10.6 Å². The van der Waals surface area contributed by atoms with E-state index in [1.54, 1.807) is 29.2 Å². The van der Waals surface area contributed by atoms with Gasteiger partial charge < -0.3 is 30.2 Å². The van der Waals surface area contributed by atoms with Gasteiger partial charge in [0.2, 0.25) is 11.8 Å². The molecule has 10 nitrogen and oxygen atoms in total. The van der Waals surface area contributed by atoms with Gasteiger partial charge in [-0.2, -0.15) is 0 Å². The lowest BCUT2D eigenvalue weighted by Crippen LogP contribution is -2.63. The maximum atomic E-state index is 13.5. The summed E-state index contributed by atoms with van der Waals surface area (Å²) in [6.07, 6.45) is 1.29. The van der Waals surface area contributed by atoms with Gasteiger partial charge in [0.25, 0.3) is 11.8 Å². The topological polar surface area (TPSA) is 105 Å². The van der Waals surface area contributed by atoms with Gasteiger partial charge in [0.15, 0.2) is 0 Å². The third kappa shape index (κ3) is 5.90. The predicted molar refractivity (Wildman–Crippen MR) is 146 cm³/mol. The van der Waals surface area contributed by atoms with Crippen LogP contribution >= 0.6 is 0 Å². The van der Waals surface area contributed by atoms with Gasteiger partial charge in [0.1, 0.15) is 12.1 Å². The molecule has 2 aliphatic heterocycles. The Morgan fingerprint density at radius 2 is 1.39 bits per heavy atom. The van der Waals surface area contributed by atoms with Crippen LogP contribution in [0.15, 0.2) is 48.5 Å². The zero-order valence-electron chi connectivity index (χ0n) is 22.4. The van der Waals surface area contributed by atoms with Crippen LogP contribution in [0.4, 0.5) is 11.4 Å². The van der Waals surface area contributed by atoms with Crippen LogP contribution < -0.4 is 20.4 Å². The Morgan fingerprint density at radius 1 is 0.842 bits per heavy atom. The first kappa shape index (κ1) is 27.0. The molecule has 10 heteroatoms. The van der Waals surface area contributed by atoms with Crippen LogP contribution in [0.3, 0.4) is 0 Å². The molecule has 2 unspecified atom stereocenters. The summed E-state index contributed by atoms with van der Waals surface area (Å²) in [6.45, 7) is 1.11. The SMILES string of the molecule is CN(C)c1ccc(C(=O)N2CCN(C(=O)c3ccc(N(C)C)cc3)C(C(=O)NC3CCCNC3=O)C2)cc1. The number of rotatable bonds is 6. The van der Waals surface area contributed by atoms with E-state index in [9.17, 15) is 19.2 Å². The van der Waals surface area contributed by atoms with Gasteiger partial charge in [-0.25, -0.2) is 0 Å². The maximum absolute atomic E-state index is 13.5. The molecule has 2 fully saturated rings. The molecule has 2 aromatic carbocycles. The molecule has 4 rings (SSSR count). The highest BCUT2D eigenvalue weighted by atomic mass is 16.2. The van der Waals surface area contributed by atoms with Crippen LogP contribution in [0, 0.1) is 0 Å². The lowest BCUT2D eigenvalue weighted by molar-refractivity contribution is -0.133. The van der Waals surface area contributed by atoms with E-state index in [0.717, 1.165) is 17.8 Å². The van der Waals surface area contributed by atoms with Crippen molar-refractivity contribution in [2.75, 3.05) is 64.2 Å². The normalized spacial score (nSPS) is 19.4. The second-order valence-corrected chi connectivity index (χ2v) is 10.1. The Bertz CT molecular complexity index is 1180. The highest BCUT2D eigenvalue weighted by Gasteiger charge is 2.39. The van der Waals surface area contributed by atoms with E-state index in [4.69, 9.17) is 0 Å². The van der Waals surface area contributed by atoms with E-state index in [-0.39, 0.29) is 30.8 Å². The number of anilines is 2. The van der Waals surface area contributed by atoms with E-state index in [0.29, 0.717) is 30.6 Å². The summed E-state index contributed by atoms with van der Waals surface area (Å²) in [5.41, 5.74) is 2.90. The molecule has 2 heterocycles. The van der Waals surface area contributed by atoms with Crippen LogP contribution in [0.25, 0.3) is 0 Å². The molecule has 0 aliphatic carbocycles. The fourth-order valence-corrected chi connectivity index (χ4v) is 4.77. The quantitative estimate of drug-likeness (QED) is 0.593. The lowest BCUT2D eigenvalue weighted by Gasteiger charge is -2.41. The van der Waals surface area contributed by atoms with Crippen molar-refractivity contribution in [3.63, 3.8) is 0 Å². The Labute approximate surface area is 223 Å². The Balaban J connectivity index is 1.56.